The molecule has 1 amide bonds. The number of carbonyl (C=O) groups is 1. The lowest BCUT2D eigenvalue weighted by Crippen LogP contribution is -2.40. The molecule has 2 aromatic rings. The molecule has 1 heterocycles. The van der Waals surface area contributed by atoms with Crippen molar-refractivity contribution in [2.24, 2.45) is 5.92 Å². The standard InChI is InChI=1S/C17H24N2O3/c1-12(2)15(7-9-20)18-17(21)11-19-8-6-13-10-14(22-3)4-5-16(13)19/h4-6,8,10,12,15,20H,7,9,11H2,1-3H3,(H,18,21). The van der Waals surface area contributed by atoms with Crippen LogP contribution in [0.4, 0.5) is 0 Å². The van der Waals surface area contributed by atoms with Gasteiger partial charge in [-0.05, 0) is 36.6 Å². The number of ether oxygens (including phenoxy) is 1. The van der Waals surface area contributed by atoms with Crippen LogP contribution in [0.2, 0.25) is 0 Å². The molecule has 5 nitrogen and oxygen atoms in total. The van der Waals surface area contributed by atoms with Crippen LogP contribution >= 0.6 is 0 Å². The third-order valence-corrected chi connectivity index (χ3v) is 3.88. The normalized spacial score (nSPS) is 12.6. The second-order valence-electron chi connectivity index (χ2n) is 5.80. The van der Waals surface area contributed by atoms with Gasteiger partial charge in [0, 0.05) is 29.7 Å². The lowest BCUT2D eigenvalue weighted by molar-refractivity contribution is -0.122. The molecule has 1 aromatic carbocycles. The Balaban J connectivity index is 2.08. The third kappa shape index (κ3) is 3.80. The van der Waals surface area contributed by atoms with Crippen molar-refractivity contribution < 1.29 is 14.6 Å². The molecule has 0 radical (unpaired) electrons. The molecule has 120 valence electrons. The molecular weight excluding hydrogens is 280 g/mol. The first-order chi connectivity index (χ1) is 10.5. The summed E-state index contributed by atoms with van der Waals surface area (Å²) in [6, 6.07) is 7.76. The Hall–Kier alpha value is -2.01. The average molecular weight is 304 g/mol. The second kappa shape index (κ2) is 7.31. The highest BCUT2D eigenvalue weighted by molar-refractivity contribution is 5.84. The van der Waals surface area contributed by atoms with Crippen LogP contribution in [0.25, 0.3) is 10.9 Å². The summed E-state index contributed by atoms with van der Waals surface area (Å²) in [4.78, 5) is 12.2. The predicted molar refractivity (Wildman–Crippen MR) is 87.0 cm³/mol. The SMILES string of the molecule is COc1ccc2c(ccn2CC(=O)NC(CCO)C(C)C)c1. The number of rotatable bonds is 7. The highest BCUT2D eigenvalue weighted by Gasteiger charge is 2.16. The van der Waals surface area contributed by atoms with E-state index in [-0.39, 0.29) is 25.1 Å². The zero-order valence-electron chi connectivity index (χ0n) is 13.4. The van der Waals surface area contributed by atoms with Gasteiger partial charge >= 0.3 is 0 Å². The summed E-state index contributed by atoms with van der Waals surface area (Å²) in [5.74, 6) is 1.06. The largest absolute Gasteiger partial charge is 0.497 e. The van der Waals surface area contributed by atoms with Gasteiger partial charge in [0.2, 0.25) is 5.91 Å². The van der Waals surface area contributed by atoms with Crippen LogP contribution in [0.1, 0.15) is 20.3 Å². The van der Waals surface area contributed by atoms with Gasteiger partial charge in [0.25, 0.3) is 0 Å². The Morgan fingerprint density at radius 1 is 1.36 bits per heavy atom. The van der Waals surface area contributed by atoms with Crippen molar-refractivity contribution in [1.29, 1.82) is 0 Å². The van der Waals surface area contributed by atoms with Crippen molar-refractivity contribution in [2.75, 3.05) is 13.7 Å². The Bertz CT molecular complexity index is 634. The fourth-order valence-electron chi connectivity index (χ4n) is 2.56. The van der Waals surface area contributed by atoms with Crippen molar-refractivity contribution >= 4 is 16.8 Å². The minimum absolute atomic E-state index is 0.000537. The summed E-state index contributed by atoms with van der Waals surface area (Å²) >= 11 is 0. The molecule has 0 saturated carbocycles. The van der Waals surface area contributed by atoms with Crippen molar-refractivity contribution in [3.05, 3.63) is 30.5 Å². The number of carbonyl (C=O) groups excluding carboxylic acids is 1. The number of amides is 1. The highest BCUT2D eigenvalue weighted by Crippen LogP contribution is 2.21. The summed E-state index contributed by atoms with van der Waals surface area (Å²) in [6.45, 7) is 4.43. The topological polar surface area (TPSA) is 63.5 Å². The Labute approximate surface area is 130 Å². The highest BCUT2D eigenvalue weighted by atomic mass is 16.5. The van der Waals surface area contributed by atoms with Gasteiger partial charge in [0.1, 0.15) is 12.3 Å². The first-order valence-corrected chi connectivity index (χ1v) is 7.58. The minimum Gasteiger partial charge on any atom is -0.497 e. The molecule has 2 N–H and O–H groups in total. The van der Waals surface area contributed by atoms with E-state index < -0.39 is 0 Å². The summed E-state index contributed by atoms with van der Waals surface area (Å²) < 4.78 is 7.12. The van der Waals surface area contributed by atoms with E-state index in [0.29, 0.717) is 12.3 Å². The molecular formula is C17H24N2O3. The average Bonchev–Trinajstić information content (AvgIpc) is 2.88. The van der Waals surface area contributed by atoms with Gasteiger partial charge in [-0.15, -0.1) is 0 Å². The Morgan fingerprint density at radius 2 is 2.14 bits per heavy atom. The summed E-state index contributed by atoms with van der Waals surface area (Å²) in [5.41, 5.74) is 0.999. The van der Waals surface area contributed by atoms with Crippen LogP contribution in [0.15, 0.2) is 30.5 Å². The first kappa shape index (κ1) is 16.4. The fraction of sp³-hybridized carbons (Fsp3) is 0.471. The van der Waals surface area contributed by atoms with Crippen molar-refractivity contribution in [3.8, 4) is 5.75 Å². The number of benzene rings is 1. The number of aromatic nitrogens is 1. The maximum Gasteiger partial charge on any atom is 0.240 e. The minimum atomic E-state index is -0.0412. The molecule has 0 aliphatic rings. The van der Waals surface area contributed by atoms with Gasteiger partial charge in [-0.3, -0.25) is 4.79 Å². The van der Waals surface area contributed by atoms with Crippen LogP contribution in [-0.2, 0) is 11.3 Å². The Kier molecular flexibility index (Phi) is 5.44. The van der Waals surface area contributed by atoms with Crippen molar-refractivity contribution in [2.45, 2.75) is 32.9 Å². The van der Waals surface area contributed by atoms with Gasteiger partial charge in [0.15, 0.2) is 0 Å². The van der Waals surface area contributed by atoms with Crippen LogP contribution in [-0.4, -0.2) is 35.3 Å². The lowest BCUT2D eigenvalue weighted by Gasteiger charge is -2.21. The molecule has 0 fully saturated rings. The lowest BCUT2D eigenvalue weighted by atomic mass is 10.0. The van der Waals surface area contributed by atoms with E-state index in [1.807, 2.05) is 48.9 Å². The van der Waals surface area contributed by atoms with Crippen LogP contribution in [0, 0.1) is 5.92 Å². The number of methoxy groups -OCH3 is 1. The Morgan fingerprint density at radius 3 is 2.77 bits per heavy atom. The van der Waals surface area contributed by atoms with Gasteiger partial charge in [-0.2, -0.15) is 0 Å². The van der Waals surface area contributed by atoms with Gasteiger partial charge < -0.3 is 19.7 Å². The second-order valence-corrected chi connectivity index (χ2v) is 5.80. The molecule has 1 unspecified atom stereocenters. The zero-order valence-corrected chi connectivity index (χ0v) is 13.4. The monoisotopic (exact) mass is 304 g/mol. The van der Waals surface area contributed by atoms with Gasteiger partial charge in [-0.25, -0.2) is 0 Å². The number of aliphatic hydroxyl groups is 1. The molecule has 0 aliphatic carbocycles. The van der Waals surface area contributed by atoms with Crippen molar-refractivity contribution in [1.82, 2.24) is 9.88 Å². The fourth-order valence-corrected chi connectivity index (χ4v) is 2.56. The van der Waals surface area contributed by atoms with E-state index in [2.05, 4.69) is 5.32 Å². The van der Waals surface area contributed by atoms with Gasteiger partial charge in [0.05, 0.1) is 7.11 Å². The maximum atomic E-state index is 12.2. The maximum absolute atomic E-state index is 12.2. The van der Waals surface area contributed by atoms with E-state index in [9.17, 15) is 4.79 Å². The molecule has 1 atom stereocenters. The van der Waals surface area contributed by atoms with E-state index in [1.165, 1.54) is 0 Å². The van der Waals surface area contributed by atoms with Crippen molar-refractivity contribution in [3.63, 3.8) is 0 Å². The van der Waals surface area contributed by atoms with Crippen LogP contribution in [0.5, 0.6) is 5.75 Å². The number of nitrogens with zero attached hydrogens (tertiary/aromatic N) is 1. The first-order valence-electron chi connectivity index (χ1n) is 7.58. The summed E-state index contributed by atoms with van der Waals surface area (Å²) in [7, 11) is 1.64. The van der Waals surface area contributed by atoms with Crippen LogP contribution < -0.4 is 10.1 Å². The number of hydrogen-bond donors (Lipinski definition) is 2. The molecule has 1 aromatic heterocycles. The third-order valence-electron chi connectivity index (χ3n) is 3.88. The number of hydrogen-bond acceptors (Lipinski definition) is 3. The van der Waals surface area contributed by atoms with E-state index >= 15 is 0 Å². The quantitative estimate of drug-likeness (QED) is 0.824. The number of aliphatic hydroxyl groups excluding tert-OH is 1. The molecule has 0 bridgehead atoms. The molecule has 0 spiro atoms. The zero-order chi connectivity index (χ0) is 16.1. The molecule has 2 rings (SSSR count). The van der Waals surface area contributed by atoms with Crippen LogP contribution in [0.3, 0.4) is 0 Å². The molecule has 22 heavy (non-hydrogen) atoms. The smallest absolute Gasteiger partial charge is 0.240 e. The summed E-state index contributed by atoms with van der Waals surface area (Å²) in [6.07, 6.45) is 2.48. The molecule has 5 heteroatoms. The predicted octanol–water partition coefficient (Wildman–Crippen LogP) is 2.17. The number of fused-ring (bicyclic) bond motifs is 1. The van der Waals surface area contributed by atoms with E-state index in [4.69, 9.17) is 9.84 Å². The number of nitrogens with one attached hydrogen (secondary N) is 1. The molecule has 0 saturated heterocycles. The molecule has 0 aliphatic heterocycles. The van der Waals surface area contributed by atoms with E-state index in [0.717, 1.165) is 16.7 Å². The summed E-state index contributed by atoms with van der Waals surface area (Å²) in [5, 5.41) is 13.1. The van der Waals surface area contributed by atoms with Gasteiger partial charge in [-0.1, -0.05) is 13.8 Å². The van der Waals surface area contributed by atoms with E-state index in [1.54, 1.807) is 7.11 Å².